The molecule has 5 heteroatoms. The minimum absolute atomic E-state index is 0.199. The van der Waals surface area contributed by atoms with E-state index in [0.717, 1.165) is 14.6 Å². The summed E-state index contributed by atoms with van der Waals surface area (Å²) in [6.07, 6.45) is 0. The standard InChI is InChI=1S/C13H10Br2N2O/c14-9-5-8(6-10(16)7-9)13(18)17-12-4-2-1-3-11(12)15/h1-7H,16H2,(H,17,18). The van der Waals surface area contributed by atoms with Gasteiger partial charge >= 0.3 is 0 Å². The fourth-order valence-electron chi connectivity index (χ4n) is 1.50. The average Bonchev–Trinajstić information content (AvgIpc) is 2.31. The number of hydrogen-bond acceptors (Lipinski definition) is 2. The van der Waals surface area contributed by atoms with Crippen molar-refractivity contribution in [3.63, 3.8) is 0 Å². The Morgan fingerprint density at radius 3 is 2.50 bits per heavy atom. The normalized spacial score (nSPS) is 10.1. The number of amides is 1. The van der Waals surface area contributed by atoms with E-state index >= 15 is 0 Å². The molecule has 0 bridgehead atoms. The van der Waals surface area contributed by atoms with E-state index in [9.17, 15) is 4.79 Å². The van der Waals surface area contributed by atoms with Crippen molar-refractivity contribution in [2.24, 2.45) is 0 Å². The molecule has 2 aromatic rings. The molecule has 2 aromatic carbocycles. The van der Waals surface area contributed by atoms with Gasteiger partial charge in [-0.25, -0.2) is 0 Å². The van der Waals surface area contributed by atoms with Crippen LogP contribution in [0, 0.1) is 0 Å². The van der Waals surface area contributed by atoms with Crippen molar-refractivity contribution >= 4 is 49.1 Å². The molecule has 1 amide bonds. The molecule has 0 radical (unpaired) electrons. The van der Waals surface area contributed by atoms with E-state index in [1.165, 1.54) is 0 Å². The van der Waals surface area contributed by atoms with Gasteiger partial charge in [0.2, 0.25) is 0 Å². The number of carbonyl (C=O) groups excluding carboxylic acids is 1. The van der Waals surface area contributed by atoms with E-state index in [2.05, 4.69) is 37.2 Å². The molecule has 0 aromatic heterocycles. The van der Waals surface area contributed by atoms with E-state index in [4.69, 9.17) is 5.73 Å². The molecule has 92 valence electrons. The summed E-state index contributed by atoms with van der Waals surface area (Å²) in [6.45, 7) is 0. The smallest absolute Gasteiger partial charge is 0.255 e. The molecule has 18 heavy (non-hydrogen) atoms. The molecule has 2 rings (SSSR count). The monoisotopic (exact) mass is 368 g/mol. The zero-order valence-electron chi connectivity index (χ0n) is 9.28. The van der Waals surface area contributed by atoms with Gasteiger partial charge in [-0.3, -0.25) is 4.79 Å². The number of nitrogens with two attached hydrogens (primary N) is 1. The number of para-hydroxylation sites is 1. The van der Waals surface area contributed by atoms with Crippen molar-refractivity contribution in [2.45, 2.75) is 0 Å². The Balaban J connectivity index is 2.25. The van der Waals surface area contributed by atoms with Gasteiger partial charge in [0.1, 0.15) is 0 Å². The molecule has 0 aliphatic heterocycles. The highest BCUT2D eigenvalue weighted by Crippen LogP contribution is 2.23. The second-order valence-electron chi connectivity index (χ2n) is 3.71. The third-order valence-electron chi connectivity index (χ3n) is 2.30. The Bertz CT molecular complexity index is 579. The van der Waals surface area contributed by atoms with E-state index in [0.29, 0.717) is 11.3 Å². The van der Waals surface area contributed by atoms with Crippen LogP contribution in [0.15, 0.2) is 51.4 Å². The van der Waals surface area contributed by atoms with Crippen molar-refractivity contribution in [3.05, 3.63) is 57.0 Å². The molecule has 0 saturated heterocycles. The summed E-state index contributed by atoms with van der Waals surface area (Å²) in [5.41, 5.74) is 7.48. The Morgan fingerprint density at radius 1 is 1.11 bits per heavy atom. The van der Waals surface area contributed by atoms with Gasteiger partial charge in [0.25, 0.3) is 5.91 Å². The fraction of sp³-hybridized carbons (Fsp3) is 0. The summed E-state index contributed by atoms with van der Waals surface area (Å²) in [6, 6.07) is 12.5. The van der Waals surface area contributed by atoms with Crippen molar-refractivity contribution in [2.75, 3.05) is 11.1 Å². The third kappa shape index (κ3) is 3.11. The lowest BCUT2D eigenvalue weighted by atomic mass is 10.2. The third-order valence-corrected chi connectivity index (χ3v) is 3.45. The Kier molecular flexibility index (Phi) is 4.04. The minimum atomic E-state index is -0.199. The first-order valence-corrected chi connectivity index (χ1v) is 6.77. The summed E-state index contributed by atoms with van der Waals surface area (Å²) >= 11 is 6.69. The van der Waals surface area contributed by atoms with E-state index < -0.39 is 0 Å². The lowest BCUT2D eigenvalue weighted by Gasteiger charge is -2.08. The molecule has 0 fully saturated rings. The van der Waals surface area contributed by atoms with E-state index in [-0.39, 0.29) is 5.91 Å². The van der Waals surface area contributed by atoms with Crippen LogP contribution in [-0.2, 0) is 0 Å². The summed E-state index contributed by atoms with van der Waals surface area (Å²) in [7, 11) is 0. The Labute approximate surface area is 122 Å². The highest BCUT2D eigenvalue weighted by Gasteiger charge is 2.09. The maximum absolute atomic E-state index is 12.1. The number of hydrogen-bond donors (Lipinski definition) is 2. The second kappa shape index (κ2) is 5.54. The lowest BCUT2D eigenvalue weighted by molar-refractivity contribution is 0.102. The predicted octanol–water partition coefficient (Wildman–Crippen LogP) is 4.05. The van der Waals surface area contributed by atoms with Gasteiger partial charge in [-0.15, -0.1) is 0 Å². The van der Waals surface area contributed by atoms with Crippen LogP contribution >= 0.6 is 31.9 Å². The summed E-state index contributed by atoms with van der Waals surface area (Å²) in [4.78, 5) is 12.1. The Morgan fingerprint density at radius 2 is 1.83 bits per heavy atom. The first kappa shape index (κ1) is 13.1. The van der Waals surface area contributed by atoms with E-state index in [1.54, 1.807) is 18.2 Å². The van der Waals surface area contributed by atoms with Crippen LogP contribution in [0.2, 0.25) is 0 Å². The number of benzene rings is 2. The maximum atomic E-state index is 12.1. The van der Waals surface area contributed by atoms with E-state index in [1.807, 2.05) is 24.3 Å². The molecular weight excluding hydrogens is 360 g/mol. The van der Waals surface area contributed by atoms with Crippen LogP contribution in [-0.4, -0.2) is 5.91 Å². The quantitative estimate of drug-likeness (QED) is 0.784. The van der Waals surface area contributed by atoms with Crippen LogP contribution < -0.4 is 11.1 Å². The molecular formula is C13H10Br2N2O. The van der Waals surface area contributed by atoms with Gasteiger partial charge < -0.3 is 11.1 Å². The topological polar surface area (TPSA) is 55.1 Å². The summed E-state index contributed by atoms with van der Waals surface area (Å²) < 4.78 is 1.61. The van der Waals surface area contributed by atoms with Crippen molar-refractivity contribution < 1.29 is 4.79 Å². The first-order valence-electron chi connectivity index (χ1n) is 5.18. The Hall–Kier alpha value is -1.33. The first-order chi connectivity index (χ1) is 8.56. The van der Waals surface area contributed by atoms with Gasteiger partial charge in [-0.2, -0.15) is 0 Å². The number of anilines is 2. The highest BCUT2D eigenvalue weighted by molar-refractivity contribution is 9.10. The fourth-order valence-corrected chi connectivity index (χ4v) is 2.40. The zero-order valence-corrected chi connectivity index (χ0v) is 12.5. The van der Waals surface area contributed by atoms with Crippen molar-refractivity contribution in [1.82, 2.24) is 0 Å². The largest absolute Gasteiger partial charge is 0.399 e. The molecule has 0 atom stereocenters. The van der Waals surface area contributed by atoms with Crippen LogP contribution in [0.25, 0.3) is 0 Å². The van der Waals surface area contributed by atoms with Gasteiger partial charge in [-0.1, -0.05) is 28.1 Å². The molecule has 0 spiro atoms. The highest BCUT2D eigenvalue weighted by atomic mass is 79.9. The number of carbonyl (C=O) groups is 1. The molecule has 0 unspecified atom stereocenters. The number of nitrogens with one attached hydrogen (secondary N) is 1. The van der Waals surface area contributed by atoms with Crippen LogP contribution in [0.3, 0.4) is 0 Å². The lowest BCUT2D eigenvalue weighted by Crippen LogP contribution is -2.12. The number of halogens is 2. The van der Waals surface area contributed by atoms with Crippen LogP contribution in [0.1, 0.15) is 10.4 Å². The molecule has 3 N–H and O–H groups in total. The summed E-state index contributed by atoms with van der Waals surface area (Å²) in [5, 5.41) is 2.82. The van der Waals surface area contributed by atoms with Crippen molar-refractivity contribution in [1.29, 1.82) is 0 Å². The van der Waals surface area contributed by atoms with Gasteiger partial charge in [0.05, 0.1) is 5.69 Å². The van der Waals surface area contributed by atoms with Gasteiger partial charge in [0, 0.05) is 20.2 Å². The molecule has 0 aliphatic rings. The maximum Gasteiger partial charge on any atom is 0.255 e. The van der Waals surface area contributed by atoms with Gasteiger partial charge in [-0.05, 0) is 46.3 Å². The molecule has 3 nitrogen and oxygen atoms in total. The van der Waals surface area contributed by atoms with Crippen molar-refractivity contribution in [3.8, 4) is 0 Å². The second-order valence-corrected chi connectivity index (χ2v) is 5.48. The molecule has 0 heterocycles. The number of rotatable bonds is 2. The van der Waals surface area contributed by atoms with Gasteiger partial charge in [0.15, 0.2) is 0 Å². The minimum Gasteiger partial charge on any atom is -0.399 e. The van der Waals surface area contributed by atoms with Crippen LogP contribution in [0.4, 0.5) is 11.4 Å². The zero-order chi connectivity index (χ0) is 13.1. The molecule has 0 aliphatic carbocycles. The van der Waals surface area contributed by atoms with Crippen LogP contribution in [0.5, 0.6) is 0 Å². The SMILES string of the molecule is Nc1cc(Br)cc(C(=O)Nc2ccccc2Br)c1. The average molecular weight is 370 g/mol. The predicted molar refractivity (Wildman–Crippen MR) is 80.6 cm³/mol. The summed E-state index contributed by atoms with van der Waals surface area (Å²) in [5.74, 6) is -0.199. The molecule has 0 saturated carbocycles. The number of nitrogen functional groups attached to an aromatic ring is 1.